The van der Waals surface area contributed by atoms with Crippen molar-refractivity contribution in [1.82, 2.24) is 4.90 Å². The van der Waals surface area contributed by atoms with Crippen LogP contribution in [0.3, 0.4) is 0 Å². The number of carboxylic acid groups (broad SMARTS) is 1. The lowest BCUT2D eigenvalue weighted by atomic mass is 9.64. The smallest absolute Gasteiger partial charge is 0.335 e. The Hall–Kier alpha value is -1.95. The summed E-state index contributed by atoms with van der Waals surface area (Å²) < 4.78 is 13.4. The minimum Gasteiger partial charge on any atom is -0.479 e. The molecule has 3 rings (SSSR count). The third-order valence-corrected chi connectivity index (χ3v) is 5.47. The van der Waals surface area contributed by atoms with Crippen LogP contribution >= 0.6 is 0 Å². The number of halogens is 1. The molecule has 0 spiro atoms. The van der Waals surface area contributed by atoms with Gasteiger partial charge in [-0.05, 0) is 37.0 Å². The first-order chi connectivity index (χ1) is 11.3. The number of rotatable bonds is 4. The Morgan fingerprint density at radius 2 is 1.83 bits per heavy atom. The highest BCUT2D eigenvalue weighted by Crippen LogP contribution is 2.46. The number of carboxylic acids is 1. The minimum atomic E-state index is -1.73. The van der Waals surface area contributed by atoms with Crippen molar-refractivity contribution < 1.29 is 24.2 Å². The number of benzene rings is 1. The highest BCUT2D eigenvalue weighted by atomic mass is 19.1. The van der Waals surface area contributed by atoms with Gasteiger partial charge in [-0.3, -0.25) is 4.79 Å². The molecule has 0 aromatic heterocycles. The number of likely N-dealkylation sites (tertiary alicyclic amines) is 1. The van der Waals surface area contributed by atoms with E-state index >= 15 is 0 Å². The van der Waals surface area contributed by atoms with Crippen molar-refractivity contribution in [2.75, 3.05) is 13.1 Å². The molecule has 5 nitrogen and oxygen atoms in total. The van der Waals surface area contributed by atoms with E-state index in [1.165, 1.54) is 12.1 Å². The second kappa shape index (κ2) is 6.16. The molecule has 1 aromatic rings. The average Bonchev–Trinajstić information content (AvgIpc) is 2.51. The molecule has 2 N–H and O–H groups in total. The second-order valence-corrected chi connectivity index (χ2v) is 7.07. The van der Waals surface area contributed by atoms with Crippen molar-refractivity contribution in [2.45, 2.75) is 44.1 Å². The van der Waals surface area contributed by atoms with E-state index in [1.807, 2.05) is 6.07 Å². The maximum absolute atomic E-state index is 13.4. The summed E-state index contributed by atoms with van der Waals surface area (Å²) in [6.07, 6.45) is 3.09. The molecule has 1 aromatic carbocycles. The summed E-state index contributed by atoms with van der Waals surface area (Å²) in [5.41, 5.74) is -1.43. The van der Waals surface area contributed by atoms with E-state index < -0.39 is 17.0 Å². The summed E-state index contributed by atoms with van der Waals surface area (Å²) in [6, 6.07) is 6.33. The minimum absolute atomic E-state index is 0.00505. The summed E-state index contributed by atoms with van der Waals surface area (Å²) in [4.78, 5) is 25.7. The van der Waals surface area contributed by atoms with Crippen LogP contribution in [0.1, 0.15) is 37.7 Å². The SMILES string of the molecule is O=C(O)C1(O)CCN(C(=O)C2(Cc3cccc(F)c3)CCC2)CC1. The van der Waals surface area contributed by atoms with Gasteiger partial charge < -0.3 is 15.1 Å². The number of aliphatic hydroxyl groups is 1. The molecule has 2 aliphatic rings. The van der Waals surface area contributed by atoms with Gasteiger partial charge in [-0.1, -0.05) is 18.6 Å². The van der Waals surface area contributed by atoms with E-state index in [0.717, 1.165) is 24.8 Å². The van der Waals surface area contributed by atoms with Crippen LogP contribution in [-0.4, -0.2) is 45.7 Å². The van der Waals surface area contributed by atoms with E-state index in [1.54, 1.807) is 11.0 Å². The van der Waals surface area contributed by atoms with E-state index in [9.17, 15) is 19.1 Å². The Labute approximate surface area is 140 Å². The lowest BCUT2D eigenvalue weighted by molar-refractivity contribution is -0.168. The summed E-state index contributed by atoms with van der Waals surface area (Å²) in [7, 11) is 0. The van der Waals surface area contributed by atoms with Crippen LogP contribution < -0.4 is 0 Å². The molecule has 1 saturated heterocycles. The fourth-order valence-corrected chi connectivity index (χ4v) is 3.74. The molecule has 2 fully saturated rings. The predicted octanol–water partition coefficient (Wildman–Crippen LogP) is 1.98. The normalized spacial score (nSPS) is 21.8. The molecule has 1 amide bonds. The summed E-state index contributed by atoms with van der Waals surface area (Å²) in [6.45, 7) is 0.485. The van der Waals surface area contributed by atoms with Crippen LogP contribution in [-0.2, 0) is 16.0 Å². The number of aliphatic carboxylic acids is 1. The van der Waals surface area contributed by atoms with Crippen LogP contribution in [0.2, 0.25) is 0 Å². The highest BCUT2D eigenvalue weighted by molar-refractivity contribution is 5.85. The predicted molar refractivity (Wildman–Crippen MR) is 84.8 cm³/mol. The van der Waals surface area contributed by atoms with Gasteiger partial charge in [0.05, 0.1) is 5.41 Å². The summed E-state index contributed by atoms with van der Waals surface area (Å²) >= 11 is 0. The Balaban J connectivity index is 1.70. The fraction of sp³-hybridized carbons (Fsp3) is 0.556. The van der Waals surface area contributed by atoms with Gasteiger partial charge in [0.2, 0.25) is 5.91 Å². The van der Waals surface area contributed by atoms with E-state index in [-0.39, 0.29) is 37.7 Å². The zero-order valence-electron chi connectivity index (χ0n) is 13.5. The molecular formula is C18H22FNO4. The molecule has 1 aliphatic carbocycles. The second-order valence-electron chi connectivity index (χ2n) is 7.07. The lowest BCUT2D eigenvalue weighted by Crippen LogP contribution is -2.56. The maximum Gasteiger partial charge on any atom is 0.335 e. The Morgan fingerprint density at radius 3 is 2.33 bits per heavy atom. The van der Waals surface area contributed by atoms with Gasteiger partial charge >= 0.3 is 5.97 Å². The van der Waals surface area contributed by atoms with Crippen LogP contribution in [0, 0.1) is 11.2 Å². The average molecular weight is 335 g/mol. The molecule has 1 saturated carbocycles. The van der Waals surface area contributed by atoms with E-state index in [2.05, 4.69) is 0 Å². The van der Waals surface area contributed by atoms with Crippen molar-refractivity contribution in [3.05, 3.63) is 35.6 Å². The Kier molecular flexibility index (Phi) is 4.34. The van der Waals surface area contributed by atoms with Gasteiger partial charge in [0.1, 0.15) is 5.82 Å². The number of carbonyl (C=O) groups is 2. The topological polar surface area (TPSA) is 77.8 Å². The number of hydrogen-bond donors (Lipinski definition) is 2. The number of nitrogens with zero attached hydrogens (tertiary/aromatic N) is 1. The fourth-order valence-electron chi connectivity index (χ4n) is 3.74. The van der Waals surface area contributed by atoms with Crippen LogP contribution in [0.4, 0.5) is 4.39 Å². The molecule has 130 valence electrons. The third-order valence-electron chi connectivity index (χ3n) is 5.47. The van der Waals surface area contributed by atoms with Crippen molar-refractivity contribution in [3.8, 4) is 0 Å². The maximum atomic E-state index is 13.4. The molecule has 0 atom stereocenters. The largest absolute Gasteiger partial charge is 0.479 e. The quantitative estimate of drug-likeness (QED) is 0.882. The van der Waals surface area contributed by atoms with E-state index in [0.29, 0.717) is 6.42 Å². The standard InChI is InChI=1S/C18H22FNO4/c19-14-4-1-3-13(11-14)12-17(5-2-6-17)15(21)20-9-7-18(24,8-10-20)16(22)23/h1,3-4,11,24H,2,5-10,12H2,(H,22,23). The van der Waals surface area contributed by atoms with Crippen molar-refractivity contribution in [1.29, 1.82) is 0 Å². The highest BCUT2D eigenvalue weighted by Gasteiger charge is 2.48. The van der Waals surface area contributed by atoms with Gasteiger partial charge in [0.25, 0.3) is 0 Å². The van der Waals surface area contributed by atoms with Gasteiger partial charge in [-0.25, -0.2) is 9.18 Å². The Morgan fingerprint density at radius 1 is 1.17 bits per heavy atom. The molecule has 1 heterocycles. The molecular weight excluding hydrogens is 313 g/mol. The van der Waals surface area contributed by atoms with Crippen molar-refractivity contribution in [2.24, 2.45) is 5.41 Å². The number of carbonyl (C=O) groups excluding carboxylic acids is 1. The monoisotopic (exact) mass is 335 g/mol. The number of piperidine rings is 1. The lowest BCUT2D eigenvalue weighted by Gasteiger charge is -2.46. The van der Waals surface area contributed by atoms with Crippen LogP contribution in [0.25, 0.3) is 0 Å². The van der Waals surface area contributed by atoms with Crippen molar-refractivity contribution >= 4 is 11.9 Å². The molecule has 1 aliphatic heterocycles. The van der Waals surface area contributed by atoms with Crippen molar-refractivity contribution in [3.63, 3.8) is 0 Å². The number of hydrogen-bond acceptors (Lipinski definition) is 3. The number of amides is 1. The van der Waals surface area contributed by atoms with Gasteiger partial charge in [0, 0.05) is 25.9 Å². The Bertz CT molecular complexity index is 648. The molecule has 6 heteroatoms. The first-order valence-corrected chi connectivity index (χ1v) is 8.34. The van der Waals surface area contributed by atoms with E-state index in [4.69, 9.17) is 5.11 Å². The summed E-state index contributed by atoms with van der Waals surface area (Å²) in [5.74, 6) is -1.53. The van der Waals surface area contributed by atoms with Gasteiger partial charge in [0.15, 0.2) is 5.60 Å². The molecule has 0 unspecified atom stereocenters. The molecule has 24 heavy (non-hydrogen) atoms. The zero-order valence-corrected chi connectivity index (χ0v) is 13.5. The first kappa shape index (κ1) is 16.9. The summed E-state index contributed by atoms with van der Waals surface area (Å²) in [5, 5.41) is 19.1. The van der Waals surface area contributed by atoms with Crippen LogP contribution in [0.15, 0.2) is 24.3 Å². The van der Waals surface area contributed by atoms with Crippen LogP contribution in [0.5, 0.6) is 0 Å². The first-order valence-electron chi connectivity index (χ1n) is 8.34. The molecule has 0 radical (unpaired) electrons. The van der Waals surface area contributed by atoms with Gasteiger partial charge in [-0.15, -0.1) is 0 Å². The zero-order chi connectivity index (χ0) is 17.4. The molecule has 0 bridgehead atoms. The third kappa shape index (κ3) is 3.02. The van der Waals surface area contributed by atoms with Gasteiger partial charge in [-0.2, -0.15) is 0 Å².